The zero-order valence-electron chi connectivity index (χ0n) is 12.1. The zero-order valence-corrected chi connectivity index (χ0v) is 12.1. The van der Waals surface area contributed by atoms with E-state index in [1.165, 1.54) is 19.3 Å². The molecule has 1 fully saturated rings. The van der Waals surface area contributed by atoms with Crippen molar-refractivity contribution in [2.45, 2.75) is 32.2 Å². The van der Waals surface area contributed by atoms with Crippen LogP contribution in [0, 0.1) is 17.8 Å². The van der Waals surface area contributed by atoms with Crippen molar-refractivity contribution in [2.75, 3.05) is 13.6 Å². The molecule has 1 saturated carbocycles. The summed E-state index contributed by atoms with van der Waals surface area (Å²) in [4.78, 5) is 13.9. The van der Waals surface area contributed by atoms with Crippen LogP contribution in [0.15, 0.2) is 24.3 Å². The van der Waals surface area contributed by atoms with E-state index in [0.29, 0.717) is 25.4 Å². The maximum absolute atomic E-state index is 12.1. The maximum atomic E-state index is 12.1. The van der Waals surface area contributed by atoms with Gasteiger partial charge >= 0.3 is 0 Å². The molecule has 2 N–H and O–H groups in total. The highest BCUT2D eigenvalue weighted by Gasteiger charge is 2.22. The number of benzene rings is 1. The van der Waals surface area contributed by atoms with Gasteiger partial charge in [0, 0.05) is 25.6 Å². The third kappa shape index (κ3) is 4.11. The largest absolute Gasteiger partial charge is 0.341 e. The molecule has 0 unspecified atom stereocenters. The molecule has 3 nitrogen and oxygen atoms in total. The summed E-state index contributed by atoms with van der Waals surface area (Å²) in [5, 5.41) is 0. The summed E-state index contributed by atoms with van der Waals surface area (Å²) in [5.74, 6) is 6.73. The molecular weight excluding hydrogens is 248 g/mol. The second kappa shape index (κ2) is 7.12. The van der Waals surface area contributed by atoms with Gasteiger partial charge in [-0.2, -0.15) is 0 Å². The van der Waals surface area contributed by atoms with E-state index in [1.54, 1.807) is 0 Å². The first-order valence-corrected chi connectivity index (χ1v) is 7.21. The predicted octanol–water partition coefficient (Wildman–Crippen LogP) is 2.15. The van der Waals surface area contributed by atoms with Gasteiger partial charge in [-0.3, -0.25) is 4.79 Å². The highest BCUT2D eigenvalue weighted by atomic mass is 16.2. The first kappa shape index (κ1) is 14.6. The van der Waals surface area contributed by atoms with Crippen LogP contribution in [0.3, 0.4) is 0 Å². The molecule has 0 radical (unpaired) electrons. The lowest BCUT2D eigenvalue weighted by atomic mass is 9.83. The van der Waals surface area contributed by atoms with Crippen molar-refractivity contribution < 1.29 is 4.79 Å². The third-order valence-corrected chi connectivity index (χ3v) is 3.80. The molecule has 0 saturated heterocycles. The van der Waals surface area contributed by atoms with Crippen molar-refractivity contribution in [3.63, 3.8) is 0 Å². The van der Waals surface area contributed by atoms with Gasteiger partial charge in [-0.15, -0.1) is 0 Å². The molecular formula is C17H22N2O. The van der Waals surface area contributed by atoms with Gasteiger partial charge < -0.3 is 10.6 Å². The number of nitrogens with two attached hydrogens (primary N) is 1. The molecule has 0 aliphatic heterocycles. The van der Waals surface area contributed by atoms with Gasteiger partial charge in [-0.25, -0.2) is 0 Å². The molecule has 0 spiro atoms. The van der Waals surface area contributed by atoms with Crippen LogP contribution in [0.25, 0.3) is 0 Å². The van der Waals surface area contributed by atoms with Crippen molar-refractivity contribution in [2.24, 2.45) is 11.7 Å². The first-order chi connectivity index (χ1) is 9.69. The summed E-state index contributed by atoms with van der Waals surface area (Å²) < 4.78 is 0. The predicted molar refractivity (Wildman–Crippen MR) is 80.8 cm³/mol. The average molecular weight is 270 g/mol. The summed E-state index contributed by atoms with van der Waals surface area (Å²) in [5.41, 5.74) is 7.43. The van der Waals surface area contributed by atoms with Crippen LogP contribution in [-0.4, -0.2) is 24.4 Å². The molecule has 0 heterocycles. The minimum atomic E-state index is 0.244. The number of nitrogens with zero attached hydrogens (tertiary/aromatic N) is 1. The van der Waals surface area contributed by atoms with Crippen LogP contribution in [0.2, 0.25) is 0 Å². The van der Waals surface area contributed by atoms with E-state index in [-0.39, 0.29) is 5.91 Å². The van der Waals surface area contributed by atoms with Crippen LogP contribution in [0.5, 0.6) is 0 Å². The monoisotopic (exact) mass is 270 g/mol. The van der Waals surface area contributed by atoms with Crippen LogP contribution >= 0.6 is 0 Å². The lowest BCUT2D eigenvalue weighted by molar-refractivity contribution is -0.132. The Kier molecular flexibility index (Phi) is 5.20. The van der Waals surface area contributed by atoms with Gasteiger partial charge in [0.05, 0.1) is 6.54 Å². The minimum Gasteiger partial charge on any atom is -0.341 e. The maximum Gasteiger partial charge on any atom is 0.222 e. The number of hydrogen-bond donors (Lipinski definition) is 1. The van der Waals surface area contributed by atoms with E-state index in [4.69, 9.17) is 5.73 Å². The fourth-order valence-electron chi connectivity index (χ4n) is 2.36. The molecule has 2 rings (SSSR count). The van der Waals surface area contributed by atoms with E-state index >= 15 is 0 Å². The highest BCUT2D eigenvalue weighted by Crippen LogP contribution is 2.29. The molecule has 106 valence electrons. The topological polar surface area (TPSA) is 46.3 Å². The molecule has 1 aromatic carbocycles. The highest BCUT2D eigenvalue weighted by molar-refractivity contribution is 5.76. The standard InChI is InChI=1S/C17H22N2O/c1-19(17(20)12-15-6-2-7-15)13-16-8-3-5-14(11-16)9-4-10-18/h3,5,8,11,15H,2,6-7,10,12-13,18H2,1H3. The number of carbonyl (C=O) groups is 1. The van der Waals surface area contributed by atoms with Gasteiger partial charge in [0.1, 0.15) is 0 Å². The summed E-state index contributed by atoms with van der Waals surface area (Å²) in [6.45, 7) is 1.01. The van der Waals surface area contributed by atoms with Crippen molar-refractivity contribution in [3.05, 3.63) is 35.4 Å². The van der Waals surface area contributed by atoms with E-state index in [1.807, 2.05) is 36.2 Å². The van der Waals surface area contributed by atoms with Gasteiger partial charge in [0.15, 0.2) is 0 Å². The van der Waals surface area contributed by atoms with Gasteiger partial charge in [-0.05, 0) is 36.5 Å². The Morgan fingerprint density at radius 2 is 2.25 bits per heavy atom. The molecule has 1 aliphatic carbocycles. The van der Waals surface area contributed by atoms with Crippen LogP contribution in [-0.2, 0) is 11.3 Å². The Morgan fingerprint density at radius 1 is 1.45 bits per heavy atom. The lowest BCUT2D eigenvalue weighted by Gasteiger charge is -2.27. The first-order valence-electron chi connectivity index (χ1n) is 7.21. The van der Waals surface area contributed by atoms with Crippen LogP contribution in [0.1, 0.15) is 36.8 Å². The van der Waals surface area contributed by atoms with Crippen molar-refractivity contribution >= 4 is 5.91 Å². The molecule has 20 heavy (non-hydrogen) atoms. The van der Waals surface area contributed by atoms with Gasteiger partial charge in [0.2, 0.25) is 5.91 Å². The fraction of sp³-hybridized carbons (Fsp3) is 0.471. The molecule has 1 aromatic rings. The minimum absolute atomic E-state index is 0.244. The van der Waals surface area contributed by atoms with E-state index in [0.717, 1.165) is 11.1 Å². The summed E-state index contributed by atoms with van der Waals surface area (Å²) in [7, 11) is 1.87. The Labute approximate surface area is 121 Å². The van der Waals surface area contributed by atoms with Gasteiger partial charge in [0.25, 0.3) is 0 Å². The van der Waals surface area contributed by atoms with Gasteiger partial charge in [-0.1, -0.05) is 30.4 Å². The lowest BCUT2D eigenvalue weighted by Crippen LogP contribution is -2.29. The number of hydrogen-bond acceptors (Lipinski definition) is 2. The fourth-order valence-corrected chi connectivity index (χ4v) is 2.36. The van der Waals surface area contributed by atoms with Crippen molar-refractivity contribution in [1.29, 1.82) is 0 Å². The summed E-state index contributed by atoms with van der Waals surface area (Å²) >= 11 is 0. The molecule has 0 aromatic heterocycles. The number of carbonyl (C=O) groups excluding carboxylic acids is 1. The summed E-state index contributed by atoms with van der Waals surface area (Å²) in [6, 6.07) is 7.99. The Bertz CT molecular complexity index is 523. The Balaban J connectivity index is 1.92. The van der Waals surface area contributed by atoms with Crippen molar-refractivity contribution in [1.82, 2.24) is 4.90 Å². The zero-order chi connectivity index (χ0) is 14.4. The normalized spacial score (nSPS) is 14.1. The molecule has 3 heteroatoms. The molecule has 1 amide bonds. The van der Waals surface area contributed by atoms with Crippen LogP contribution in [0.4, 0.5) is 0 Å². The second-order valence-electron chi connectivity index (χ2n) is 5.46. The Morgan fingerprint density at radius 3 is 2.90 bits per heavy atom. The van der Waals surface area contributed by atoms with E-state index in [9.17, 15) is 4.79 Å². The SMILES string of the molecule is CN(Cc1cccc(C#CCN)c1)C(=O)CC1CCC1. The number of rotatable bonds is 4. The van der Waals surface area contributed by atoms with E-state index < -0.39 is 0 Å². The quantitative estimate of drug-likeness (QED) is 0.852. The summed E-state index contributed by atoms with van der Waals surface area (Å²) in [6.07, 6.45) is 4.40. The third-order valence-electron chi connectivity index (χ3n) is 3.80. The molecule has 1 aliphatic rings. The molecule has 0 atom stereocenters. The van der Waals surface area contributed by atoms with Crippen LogP contribution < -0.4 is 5.73 Å². The Hall–Kier alpha value is -1.79. The average Bonchev–Trinajstić information content (AvgIpc) is 2.40. The van der Waals surface area contributed by atoms with Crippen molar-refractivity contribution in [3.8, 4) is 11.8 Å². The van der Waals surface area contributed by atoms with E-state index in [2.05, 4.69) is 11.8 Å². The number of amides is 1. The molecule has 0 bridgehead atoms. The smallest absolute Gasteiger partial charge is 0.222 e. The second-order valence-corrected chi connectivity index (χ2v) is 5.46.